The van der Waals surface area contributed by atoms with Gasteiger partial charge >= 0.3 is 0 Å². The van der Waals surface area contributed by atoms with Crippen LogP contribution in [0.2, 0.25) is 0 Å². The summed E-state index contributed by atoms with van der Waals surface area (Å²) in [5, 5.41) is 0. The highest BCUT2D eigenvalue weighted by Crippen LogP contribution is 2.28. The van der Waals surface area contributed by atoms with Gasteiger partial charge in [0, 0.05) is 22.6 Å². The molecule has 2 rings (SSSR count). The maximum Gasteiger partial charge on any atom is 0.163 e. The summed E-state index contributed by atoms with van der Waals surface area (Å²) in [4.78, 5) is 12.7. The van der Waals surface area contributed by atoms with E-state index in [1.807, 2.05) is 49.4 Å². The second-order valence-electron chi connectivity index (χ2n) is 4.10. The number of nitrogen functional groups attached to an aromatic ring is 1. The number of thiol groups is 1. The molecule has 0 fully saturated rings. The Bertz CT molecular complexity index is 593. The minimum absolute atomic E-state index is 0.138. The van der Waals surface area contributed by atoms with Gasteiger partial charge in [-0.25, -0.2) is 0 Å². The van der Waals surface area contributed by atoms with E-state index in [0.29, 0.717) is 12.1 Å². The molecule has 0 amide bonds. The van der Waals surface area contributed by atoms with E-state index in [2.05, 4.69) is 12.6 Å². The first-order valence-electron chi connectivity index (χ1n) is 5.84. The van der Waals surface area contributed by atoms with Crippen LogP contribution in [-0.4, -0.2) is 5.78 Å². The van der Waals surface area contributed by atoms with Gasteiger partial charge < -0.3 is 5.73 Å². The minimum atomic E-state index is 0.138. The van der Waals surface area contributed by atoms with Crippen LogP contribution in [0.4, 0.5) is 5.69 Å². The molecule has 0 radical (unpaired) electrons. The maximum atomic E-state index is 11.9. The SMILES string of the molecule is CCC(=O)c1ccccc1-c1ccc(S)c(N)c1. The van der Waals surface area contributed by atoms with Crippen LogP contribution in [0.3, 0.4) is 0 Å². The van der Waals surface area contributed by atoms with E-state index in [1.54, 1.807) is 0 Å². The number of hydrogen-bond acceptors (Lipinski definition) is 3. The lowest BCUT2D eigenvalue weighted by Crippen LogP contribution is -1.99. The van der Waals surface area contributed by atoms with Crippen molar-refractivity contribution in [1.29, 1.82) is 0 Å². The average molecular weight is 257 g/mol. The molecular formula is C15H15NOS. The normalized spacial score (nSPS) is 10.3. The van der Waals surface area contributed by atoms with Gasteiger partial charge in [0.1, 0.15) is 0 Å². The Balaban J connectivity index is 2.56. The molecule has 2 aromatic carbocycles. The number of benzene rings is 2. The van der Waals surface area contributed by atoms with Crippen molar-refractivity contribution in [2.45, 2.75) is 18.2 Å². The second kappa shape index (κ2) is 5.27. The summed E-state index contributed by atoms with van der Waals surface area (Å²) in [5.41, 5.74) is 9.08. The van der Waals surface area contributed by atoms with Crippen LogP contribution < -0.4 is 5.73 Å². The highest BCUT2D eigenvalue weighted by Gasteiger charge is 2.11. The molecule has 92 valence electrons. The van der Waals surface area contributed by atoms with Crippen molar-refractivity contribution in [1.82, 2.24) is 0 Å². The van der Waals surface area contributed by atoms with Gasteiger partial charge in [0.05, 0.1) is 0 Å². The first-order valence-corrected chi connectivity index (χ1v) is 6.29. The van der Waals surface area contributed by atoms with Crippen molar-refractivity contribution in [2.24, 2.45) is 0 Å². The molecular weight excluding hydrogens is 242 g/mol. The van der Waals surface area contributed by atoms with Crippen molar-refractivity contribution >= 4 is 24.1 Å². The zero-order chi connectivity index (χ0) is 13.1. The molecule has 0 bridgehead atoms. The summed E-state index contributed by atoms with van der Waals surface area (Å²) >= 11 is 4.25. The third-order valence-corrected chi connectivity index (χ3v) is 3.29. The fourth-order valence-electron chi connectivity index (χ4n) is 1.89. The molecule has 3 heteroatoms. The minimum Gasteiger partial charge on any atom is -0.398 e. The number of hydrogen-bond donors (Lipinski definition) is 2. The number of Topliss-reactive ketones (excluding diaryl/α,β-unsaturated/α-hetero) is 1. The summed E-state index contributed by atoms with van der Waals surface area (Å²) in [6.07, 6.45) is 0.497. The number of rotatable bonds is 3. The topological polar surface area (TPSA) is 43.1 Å². The zero-order valence-electron chi connectivity index (χ0n) is 10.2. The monoisotopic (exact) mass is 257 g/mol. The quantitative estimate of drug-likeness (QED) is 0.499. The van der Waals surface area contributed by atoms with Gasteiger partial charge in [-0.2, -0.15) is 0 Å². The summed E-state index contributed by atoms with van der Waals surface area (Å²) in [6.45, 7) is 1.87. The molecule has 0 aliphatic heterocycles. The summed E-state index contributed by atoms with van der Waals surface area (Å²) < 4.78 is 0. The third kappa shape index (κ3) is 2.41. The molecule has 2 N–H and O–H groups in total. The molecule has 0 saturated heterocycles. The average Bonchev–Trinajstić information content (AvgIpc) is 2.41. The highest BCUT2D eigenvalue weighted by atomic mass is 32.1. The van der Waals surface area contributed by atoms with E-state index < -0.39 is 0 Å². The van der Waals surface area contributed by atoms with E-state index in [9.17, 15) is 4.79 Å². The molecule has 0 aromatic heterocycles. The summed E-state index contributed by atoms with van der Waals surface area (Å²) in [5.74, 6) is 0.138. The number of anilines is 1. The van der Waals surface area contributed by atoms with Crippen LogP contribution in [0, 0.1) is 0 Å². The Morgan fingerprint density at radius 3 is 2.61 bits per heavy atom. The fourth-order valence-corrected chi connectivity index (χ4v) is 2.03. The molecule has 0 aliphatic carbocycles. The summed E-state index contributed by atoms with van der Waals surface area (Å²) in [7, 11) is 0. The molecule has 0 unspecified atom stereocenters. The van der Waals surface area contributed by atoms with E-state index in [4.69, 9.17) is 5.73 Å². The lowest BCUT2D eigenvalue weighted by Gasteiger charge is -2.09. The predicted molar refractivity (Wildman–Crippen MR) is 78.2 cm³/mol. The van der Waals surface area contributed by atoms with Gasteiger partial charge in [0.15, 0.2) is 5.78 Å². The standard InChI is InChI=1S/C15H15NOS/c1-2-14(17)12-6-4-3-5-11(12)10-7-8-15(18)13(16)9-10/h3-9,18H,2,16H2,1H3. The first kappa shape index (κ1) is 12.7. The smallest absolute Gasteiger partial charge is 0.163 e. The van der Waals surface area contributed by atoms with Crippen LogP contribution in [0.25, 0.3) is 11.1 Å². The highest BCUT2D eigenvalue weighted by molar-refractivity contribution is 7.80. The molecule has 2 aromatic rings. The van der Waals surface area contributed by atoms with Crippen LogP contribution in [0.15, 0.2) is 47.4 Å². The maximum absolute atomic E-state index is 11.9. The lowest BCUT2D eigenvalue weighted by molar-refractivity contribution is 0.0989. The lowest BCUT2D eigenvalue weighted by atomic mass is 9.96. The van der Waals surface area contributed by atoms with E-state index in [-0.39, 0.29) is 5.78 Å². The molecule has 2 nitrogen and oxygen atoms in total. The van der Waals surface area contributed by atoms with Crippen molar-refractivity contribution in [3.8, 4) is 11.1 Å². The second-order valence-corrected chi connectivity index (χ2v) is 4.58. The van der Waals surface area contributed by atoms with Gasteiger partial charge in [0.2, 0.25) is 0 Å². The van der Waals surface area contributed by atoms with E-state index in [0.717, 1.165) is 21.6 Å². The van der Waals surface area contributed by atoms with Crippen LogP contribution in [0.5, 0.6) is 0 Å². The predicted octanol–water partition coefficient (Wildman–Crippen LogP) is 3.82. The molecule has 0 spiro atoms. The molecule has 0 heterocycles. The van der Waals surface area contributed by atoms with Gasteiger partial charge in [-0.15, -0.1) is 12.6 Å². The molecule has 0 aliphatic rings. The fraction of sp³-hybridized carbons (Fsp3) is 0.133. The Morgan fingerprint density at radius 1 is 1.22 bits per heavy atom. The summed E-state index contributed by atoms with van der Waals surface area (Å²) in [6, 6.07) is 13.2. The zero-order valence-corrected chi connectivity index (χ0v) is 11.1. The van der Waals surface area contributed by atoms with Crippen LogP contribution >= 0.6 is 12.6 Å². The Hall–Kier alpha value is -1.74. The Kier molecular flexibility index (Phi) is 3.72. The largest absolute Gasteiger partial charge is 0.398 e. The van der Waals surface area contributed by atoms with Gasteiger partial charge in [0.25, 0.3) is 0 Å². The van der Waals surface area contributed by atoms with Crippen molar-refractivity contribution in [2.75, 3.05) is 5.73 Å². The third-order valence-electron chi connectivity index (χ3n) is 2.89. The molecule has 0 saturated carbocycles. The molecule has 18 heavy (non-hydrogen) atoms. The van der Waals surface area contributed by atoms with Gasteiger partial charge in [-0.05, 0) is 23.3 Å². The van der Waals surface area contributed by atoms with E-state index in [1.165, 1.54) is 0 Å². The number of ketones is 1. The number of carbonyl (C=O) groups excluding carboxylic acids is 1. The Morgan fingerprint density at radius 2 is 1.94 bits per heavy atom. The number of carbonyl (C=O) groups is 1. The van der Waals surface area contributed by atoms with Crippen LogP contribution in [0.1, 0.15) is 23.7 Å². The van der Waals surface area contributed by atoms with Gasteiger partial charge in [-0.3, -0.25) is 4.79 Å². The van der Waals surface area contributed by atoms with Crippen molar-refractivity contribution in [3.05, 3.63) is 48.0 Å². The van der Waals surface area contributed by atoms with E-state index >= 15 is 0 Å². The van der Waals surface area contributed by atoms with Gasteiger partial charge in [-0.1, -0.05) is 37.3 Å². The first-order chi connectivity index (χ1) is 8.63. The van der Waals surface area contributed by atoms with Crippen LogP contribution in [-0.2, 0) is 0 Å². The number of nitrogens with two attached hydrogens (primary N) is 1. The Labute approximate surface area is 112 Å². The van der Waals surface area contributed by atoms with Crippen molar-refractivity contribution in [3.63, 3.8) is 0 Å². The molecule has 0 atom stereocenters. The van der Waals surface area contributed by atoms with Crippen molar-refractivity contribution < 1.29 is 4.79 Å².